The number of phenolic OH excluding ortho intramolecular Hbond substituents is 1. The number of hydrogen-bond donors (Lipinski definition) is 2. The van der Waals surface area contributed by atoms with Gasteiger partial charge in [0.05, 0.1) is 0 Å². The molecule has 3 nitrogen and oxygen atoms in total. The van der Waals surface area contributed by atoms with Gasteiger partial charge in [-0.3, -0.25) is 4.90 Å². The largest absolute Gasteiger partial charge is 0.508 e. The molecule has 3 unspecified atom stereocenters. The van der Waals surface area contributed by atoms with Crippen molar-refractivity contribution >= 4 is 15.9 Å². The predicted molar refractivity (Wildman–Crippen MR) is 80.1 cm³/mol. The highest BCUT2D eigenvalue weighted by molar-refractivity contribution is 9.10. The summed E-state index contributed by atoms with van der Waals surface area (Å²) in [4.78, 5) is 2.55. The Bertz CT molecular complexity index is 465. The van der Waals surface area contributed by atoms with E-state index < -0.39 is 0 Å². The van der Waals surface area contributed by atoms with Crippen LogP contribution in [0.25, 0.3) is 0 Å². The van der Waals surface area contributed by atoms with Crippen molar-refractivity contribution in [3.63, 3.8) is 0 Å². The number of nitrogens with zero attached hydrogens (tertiary/aromatic N) is 1. The molecule has 2 aliphatic heterocycles. The summed E-state index contributed by atoms with van der Waals surface area (Å²) < 4.78 is 1.04. The third kappa shape index (κ3) is 2.54. The molecule has 104 valence electrons. The Morgan fingerprint density at radius 1 is 1.42 bits per heavy atom. The third-order valence-corrected chi connectivity index (χ3v) is 5.15. The lowest BCUT2D eigenvalue weighted by molar-refractivity contribution is 0.208. The van der Waals surface area contributed by atoms with E-state index in [0.29, 0.717) is 11.8 Å². The van der Waals surface area contributed by atoms with Crippen LogP contribution in [0.2, 0.25) is 0 Å². The molecule has 1 aromatic carbocycles. The fourth-order valence-electron chi connectivity index (χ4n) is 3.75. The summed E-state index contributed by atoms with van der Waals surface area (Å²) in [6.45, 7) is 6.60. The third-order valence-electron chi connectivity index (χ3n) is 4.66. The first kappa shape index (κ1) is 13.4. The lowest BCUT2D eigenvalue weighted by atomic mass is 9.93. The number of halogens is 1. The minimum Gasteiger partial charge on any atom is -0.508 e. The van der Waals surface area contributed by atoms with Crippen molar-refractivity contribution in [3.8, 4) is 5.75 Å². The van der Waals surface area contributed by atoms with Crippen LogP contribution in [0.1, 0.15) is 18.9 Å². The number of benzene rings is 1. The summed E-state index contributed by atoms with van der Waals surface area (Å²) in [5.74, 6) is 1.99. The monoisotopic (exact) mass is 324 g/mol. The minimum absolute atomic E-state index is 0.410. The molecule has 1 aromatic rings. The maximum Gasteiger partial charge on any atom is 0.120 e. The van der Waals surface area contributed by atoms with Crippen molar-refractivity contribution in [3.05, 3.63) is 28.2 Å². The zero-order valence-corrected chi connectivity index (χ0v) is 12.9. The molecule has 2 saturated heterocycles. The minimum atomic E-state index is 0.410. The Hall–Kier alpha value is -0.580. The average Bonchev–Trinajstić information content (AvgIpc) is 2.94. The molecule has 19 heavy (non-hydrogen) atoms. The van der Waals surface area contributed by atoms with E-state index in [2.05, 4.69) is 33.1 Å². The summed E-state index contributed by atoms with van der Waals surface area (Å²) in [5, 5.41) is 13.5. The smallest absolute Gasteiger partial charge is 0.120 e. The maximum atomic E-state index is 10.00. The van der Waals surface area contributed by atoms with Gasteiger partial charge in [0.2, 0.25) is 0 Å². The summed E-state index contributed by atoms with van der Waals surface area (Å²) in [6, 6.07) is 6.35. The second-order valence-corrected chi connectivity index (χ2v) is 6.68. The van der Waals surface area contributed by atoms with E-state index in [1.54, 1.807) is 6.07 Å². The first-order valence-electron chi connectivity index (χ1n) is 7.11. The number of nitrogens with one attached hydrogen (secondary N) is 1. The topological polar surface area (TPSA) is 35.5 Å². The van der Waals surface area contributed by atoms with Crippen LogP contribution in [0, 0.1) is 11.8 Å². The maximum absolute atomic E-state index is 10.00. The Balaban J connectivity index is 1.77. The quantitative estimate of drug-likeness (QED) is 0.897. The van der Waals surface area contributed by atoms with Crippen LogP contribution in [0.15, 0.2) is 22.7 Å². The van der Waals surface area contributed by atoms with Gasteiger partial charge in [0, 0.05) is 29.2 Å². The first-order valence-corrected chi connectivity index (χ1v) is 7.90. The van der Waals surface area contributed by atoms with Gasteiger partial charge in [-0.25, -0.2) is 0 Å². The van der Waals surface area contributed by atoms with Crippen LogP contribution < -0.4 is 5.32 Å². The van der Waals surface area contributed by atoms with Gasteiger partial charge in [0.25, 0.3) is 0 Å². The van der Waals surface area contributed by atoms with Gasteiger partial charge >= 0.3 is 0 Å². The fraction of sp³-hybridized carbons (Fsp3) is 0.600. The molecule has 0 aliphatic carbocycles. The van der Waals surface area contributed by atoms with Crippen LogP contribution in [-0.2, 0) is 6.54 Å². The van der Waals surface area contributed by atoms with Crippen LogP contribution in [-0.4, -0.2) is 35.7 Å². The fourth-order valence-corrected chi connectivity index (χ4v) is 4.16. The standard InChI is InChI=1S/C15H21BrN2O/c1-2-14-13-7-17-6-11(13)9-18(14)8-10-5-12(16)3-4-15(10)19/h3-5,11,13-14,17,19H,2,6-9H2,1H3. The molecule has 3 atom stereocenters. The van der Waals surface area contributed by atoms with Crippen molar-refractivity contribution in [1.82, 2.24) is 10.2 Å². The number of phenols is 1. The molecule has 0 spiro atoms. The number of hydrogen-bond acceptors (Lipinski definition) is 3. The molecule has 0 amide bonds. The molecule has 2 fully saturated rings. The number of likely N-dealkylation sites (tertiary alicyclic amines) is 1. The number of fused-ring (bicyclic) bond motifs is 1. The van der Waals surface area contributed by atoms with E-state index in [9.17, 15) is 5.11 Å². The van der Waals surface area contributed by atoms with Gasteiger partial charge in [-0.15, -0.1) is 0 Å². The van der Waals surface area contributed by atoms with Gasteiger partial charge in [0.15, 0.2) is 0 Å². The Labute approximate surface area is 123 Å². The lowest BCUT2D eigenvalue weighted by Crippen LogP contribution is -2.34. The molecule has 2 heterocycles. The molecular formula is C15H21BrN2O. The van der Waals surface area contributed by atoms with Gasteiger partial charge in [-0.2, -0.15) is 0 Å². The molecule has 2 N–H and O–H groups in total. The number of rotatable bonds is 3. The predicted octanol–water partition coefficient (Wildman–Crippen LogP) is 2.58. The van der Waals surface area contributed by atoms with E-state index in [-0.39, 0.29) is 0 Å². The normalized spacial score (nSPS) is 30.7. The van der Waals surface area contributed by atoms with Gasteiger partial charge in [0.1, 0.15) is 5.75 Å². The summed E-state index contributed by atoms with van der Waals surface area (Å²) in [7, 11) is 0. The van der Waals surface area contributed by atoms with Gasteiger partial charge in [-0.05, 0) is 49.5 Å². The summed E-state index contributed by atoms with van der Waals surface area (Å²) >= 11 is 3.49. The Morgan fingerprint density at radius 2 is 2.26 bits per heavy atom. The van der Waals surface area contributed by atoms with E-state index in [1.165, 1.54) is 6.42 Å². The molecule has 0 radical (unpaired) electrons. The van der Waals surface area contributed by atoms with E-state index in [4.69, 9.17) is 0 Å². The van der Waals surface area contributed by atoms with Crippen LogP contribution >= 0.6 is 15.9 Å². The SMILES string of the molecule is CCC1C2CNCC2CN1Cc1cc(Br)ccc1O. The summed E-state index contributed by atoms with van der Waals surface area (Å²) in [6.07, 6.45) is 1.19. The molecule has 0 saturated carbocycles. The first-order chi connectivity index (χ1) is 9.19. The average molecular weight is 325 g/mol. The van der Waals surface area contributed by atoms with Gasteiger partial charge in [-0.1, -0.05) is 22.9 Å². The molecular weight excluding hydrogens is 304 g/mol. The van der Waals surface area contributed by atoms with E-state index in [1.807, 2.05) is 12.1 Å². The van der Waals surface area contributed by atoms with Crippen LogP contribution in [0.3, 0.4) is 0 Å². The second kappa shape index (κ2) is 5.43. The Morgan fingerprint density at radius 3 is 3.05 bits per heavy atom. The zero-order chi connectivity index (χ0) is 13.4. The molecule has 4 heteroatoms. The molecule has 0 bridgehead atoms. The highest BCUT2D eigenvalue weighted by Crippen LogP contribution is 2.36. The second-order valence-electron chi connectivity index (χ2n) is 5.76. The molecule has 2 aliphatic rings. The molecule has 0 aromatic heterocycles. The van der Waals surface area contributed by atoms with Crippen LogP contribution in [0.5, 0.6) is 5.75 Å². The van der Waals surface area contributed by atoms with Crippen LogP contribution in [0.4, 0.5) is 0 Å². The highest BCUT2D eigenvalue weighted by Gasteiger charge is 2.42. The van der Waals surface area contributed by atoms with E-state index >= 15 is 0 Å². The number of aromatic hydroxyl groups is 1. The van der Waals surface area contributed by atoms with E-state index in [0.717, 1.165) is 48.1 Å². The summed E-state index contributed by atoms with van der Waals surface area (Å²) in [5.41, 5.74) is 1.03. The van der Waals surface area contributed by atoms with Crippen molar-refractivity contribution in [2.45, 2.75) is 25.9 Å². The van der Waals surface area contributed by atoms with Crippen molar-refractivity contribution < 1.29 is 5.11 Å². The van der Waals surface area contributed by atoms with Crippen molar-refractivity contribution in [1.29, 1.82) is 0 Å². The van der Waals surface area contributed by atoms with Crippen molar-refractivity contribution in [2.75, 3.05) is 19.6 Å². The lowest BCUT2D eigenvalue weighted by Gasteiger charge is -2.27. The Kier molecular flexibility index (Phi) is 3.83. The molecule has 3 rings (SSSR count). The van der Waals surface area contributed by atoms with Crippen molar-refractivity contribution in [2.24, 2.45) is 11.8 Å². The highest BCUT2D eigenvalue weighted by atomic mass is 79.9. The van der Waals surface area contributed by atoms with Gasteiger partial charge < -0.3 is 10.4 Å². The zero-order valence-electron chi connectivity index (χ0n) is 11.3.